The summed E-state index contributed by atoms with van der Waals surface area (Å²) in [6, 6.07) is 0. The van der Waals surface area contributed by atoms with Crippen molar-refractivity contribution in [2.75, 3.05) is 0 Å². The summed E-state index contributed by atoms with van der Waals surface area (Å²) in [6.45, 7) is 9.57. The molecule has 1 N–H and O–H groups in total. The second-order valence-electron chi connectivity index (χ2n) is 4.17. The zero-order chi connectivity index (χ0) is 9.90. The average molecular weight is 180 g/mol. The maximum atomic E-state index is 10.4. The summed E-state index contributed by atoms with van der Waals surface area (Å²) in [5.74, 6) is 0.344. The van der Waals surface area contributed by atoms with Crippen LogP contribution >= 0.6 is 0 Å². The molecule has 1 aliphatic carbocycles. The van der Waals surface area contributed by atoms with Crippen molar-refractivity contribution in [3.63, 3.8) is 0 Å². The Bertz CT molecular complexity index is 207. The van der Waals surface area contributed by atoms with Crippen LogP contribution in [0.5, 0.6) is 0 Å². The summed E-state index contributed by atoms with van der Waals surface area (Å²) in [6.07, 6.45) is 7.15. The Morgan fingerprint density at radius 3 is 2.85 bits per heavy atom. The molecule has 13 heavy (non-hydrogen) atoms. The van der Waals surface area contributed by atoms with Crippen molar-refractivity contribution in [1.29, 1.82) is 0 Å². The molecule has 1 saturated carbocycles. The number of aliphatic hydroxyl groups is 1. The van der Waals surface area contributed by atoms with Gasteiger partial charge in [0.25, 0.3) is 0 Å². The monoisotopic (exact) mass is 180 g/mol. The van der Waals surface area contributed by atoms with E-state index in [2.05, 4.69) is 13.2 Å². The maximum Gasteiger partial charge on any atom is 0.0882 e. The number of rotatable bonds is 3. The van der Waals surface area contributed by atoms with Crippen LogP contribution < -0.4 is 0 Å². The zero-order valence-electron chi connectivity index (χ0n) is 8.55. The topological polar surface area (TPSA) is 20.2 Å². The minimum atomic E-state index is -0.619. The third-order valence-electron chi connectivity index (χ3n) is 3.23. The second-order valence-corrected chi connectivity index (χ2v) is 4.17. The first-order valence-corrected chi connectivity index (χ1v) is 5.10. The lowest BCUT2D eigenvalue weighted by Gasteiger charge is -2.40. The van der Waals surface area contributed by atoms with E-state index in [4.69, 9.17) is 0 Å². The van der Waals surface area contributed by atoms with Crippen LogP contribution in [0.2, 0.25) is 0 Å². The van der Waals surface area contributed by atoms with E-state index in [9.17, 15) is 5.11 Å². The van der Waals surface area contributed by atoms with Gasteiger partial charge in [-0.1, -0.05) is 25.5 Å². The van der Waals surface area contributed by atoms with Gasteiger partial charge in [0.1, 0.15) is 0 Å². The molecule has 1 fully saturated rings. The fourth-order valence-corrected chi connectivity index (χ4v) is 2.30. The minimum absolute atomic E-state index is 0.344. The van der Waals surface area contributed by atoms with Crippen molar-refractivity contribution < 1.29 is 5.11 Å². The van der Waals surface area contributed by atoms with E-state index in [1.807, 2.05) is 13.0 Å². The second kappa shape index (κ2) is 4.10. The van der Waals surface area contributed by atoms with E-state index >= 15 is 0 Å². The normalized spacial score (nSPS) is 34.2. The molecule has 2 atom stereocenters. The highest BCUT2D eigenvalue weighted by atomic mass is 16.3. The summed E-state index contributed by atoms with van der Waals surface area (Å²) >= 11 is 0. The van der Waals surface area contributed by atoms with Crippen LogP contribution in [0.4, 0.5) is 0 Å². The molecule has 74 valence electrons. The van der Waals surface area contributed by atoms with E-state index in [0.29, 0.717) is 5.92 Å². The van der Waals surface area contributed by atoms with Gasteiger partial charge >= 0.3 is 0 Å². The van der Waals surface area contributed by atoms with Crippen molar-refractivity contribution in [1.82, 2.24) is 0 Å². The first kappa shape index (κ1) is 10.5. The van der Waals surface area contributed by atoms with Gasteiger partial charge in [0, 0.05) is 0 Å². The molecule has 1 aliphatic rings. The van der Waals surface area contributed by atoms with Crippen LogP contribution in [0.25, 0.3) is 0 Å². The Hall–Kier alpha value is -0.560. The van der Waals surface area contributed by atoms with Crippen molar-refractivity contribution in [2.24, 2.45) is 5.92 Å². The van der Waals surface area contributed by atoms with Crippen LogP contribution in [0.3, 0.4) is 0 Å². The zero-order valence-corrected chi connectivity index (χ0v) is 8.55. The molecule has 0 aromatic heterocycles. The van der Waals surface area contributed by atoms with Gasteiger partial charge in [-0.2, -0.15) is 0 Å². The van der Waals surface area contributed by atoms with Gasteiger partial charge in [0.2, 0.25) is 0 Å². The van der Waals surface area contributed by atoms with Gasteiger partial charge in [0.05, 0.1) is 5.60 Å². The molecule has 1 nitrogen and oxygen atoms in total. The smallest absolute Gasteiger partial charge is 0.0882 e. The summed E-state index contributed by atoms with van der Waals surface area (Å²) < 4.78 is 0. The molecule has 0 spiro atoms. The fraction of sp³-hybridized carbons (Fsp3) is 0.667. The average Bonchev–Trinajstić information content (AvgIpc) is 2.09. The first-order valence-electron chi connectivity index (χ1n) is 5.10. The molecule has 0 saturated heterocycles. The Morgan fingerprint density at radius 1 is 1.62 bits per heavy atom. The molecule has 1 rings (SSSR count). The van der Waals surface area contributed by atoms with Crippen molar-refractivity contribution in [2.45, 2.75) is 44.6 Å². The van der Waals surface area contributed by atoms with Gasteiger partial charge in [-0.3, -0.25) is 0 Å². The highest BCUT2D eigenvalue weighted by molar-refractivity contribution is 5.14. The van der Waals surface area contributed by atoms with Gasteiger partial charge < -0.3 is 5.11 Å². The summed E-state index contributed by atoms with van der Waals surface area (Å²) in [4.78, 5) is 0. The van der Waals surface area contributed by atoms with Gasteiger partial charge in [-0.05, 0) is 37.7 Å². The molecular weight excluding hydrogens is 160 g/mol. The van der Waals surface area contributed by atoms with E-state index in [-0.39, 0.29) is 0 Å². The number of allylic oxidation sites excluding steroid dienone is 1. The lowest BCUT2D eigenvalue weighted by atomic mass is 9.70. The predicted molar refractivity (Wildman–Crippen MR) is 56.5 cm³/mol. The van der Waals surface area contributed by atoms with Gasteiger partial charge in [-0.15, -0.1) is 6.58 Å². The first-order chi connectivity index (χ1) is 6.11. The molecule has 0 aromatic rings. The Balaban J connectivity index is 2.76. The van der Waals surface area contributed by atoms with Crippen LogP contribution in [-0.4, -0.2) is 10.7 Å². The van der Waals surface area contributed by atoms with Crippen LogP contribution in [0.15, 0.2) is 24.8 Å². The summed E-state index contributed by atoms with van der Waals surface area (Å²) in [7, 11) is 0. The highest BCUT2D eigenvalue weighted by Gasteiger charge is 2.38. The Kier molecular flexibility index (Phi) is 3.32. The molecule has 0 aromatic carbocycles. The molecule has 0 aliphatic heterocycles. The molecule has 0 bridgehead atoms. The third-order valence-corrected chi connectivity index (χ3v) is 3.23. The van der Waals surface area contributed by atoms with Gasteiger partial charge in [0.15, 0.2) is 0 Å². The quantitative estimate of drug-likeness (QED) is 0.662. The van der Waals surface area contributed by atoms with Crippen molar-refractivity contribution in [3.8, 4) is 0 Å². The highest BCUT2D eigenvalue weighted by Crippen LogP contribution is 2.40. The molecule has 0 heterocycles. The van der Waals surface area contributed by atoms with Crippen LogP contribution in [0.1, 0.15) is 39.0 Å². The van der Waals surface area contributed by atoms with E-state index in [0.717, 1.165) is 31.3 Å². The van der Waals surface area contributed by atoms with Crippen LogP contribution in [-0.2, 0) is 0 Å². The SMILES string of the molecule is C=CC[C@@H]1CCCC[C@@]1(O)C(=C)C. The van der Waals surface area contributed by atoms with Crippen LogP contribution in [0, 0.1) is 5.92 Å². The molecule has 1 heteroatoms. The van der Waals surface area contributed by atoms with Crippen molar-refractivity contribution in [3.05, 3.63) is 24.8 Å². The maximum absolute atomic E-state index is 10.4. The summed E-state index contributed by atoms with van der Waals surface area (Å²) in [5.41, 5.74) is 0.297. The Morgan fingerprint density at radius 2 is 2.31 bits per heavy atom. The van der Waals surface area contributed by atoms with E-state index in [1.54, 1.807) is 0 Å². The Labute approximate surface area is 81.2 Å². The van der Waals surface area contributed by atoms with E-state index in [1.165, 1.54) is 6.42 Å². The van der Waals surface area contributed by atoms with Gasteiger partial charge in [-0.25, -0.2) is 0 Å². The molecule has 0 radical (unpaired) electrons. The summed E-state index contributed by atoms with van der Waals surface area (Å²) in [5, 5.41) is 10.4. The lowest BCUT2D eigenvalue weighted by Crippen LogP contribution is -2.41. The molecule has 0 amide bonds. The minimum Gasteiger partial charge on any atom is -0.385 e. The largest absolute Gasteiger partial charge is 0.385 e. The van der Waals surface area contributed by atoms with Crippen molar-refractivity contribution >= 4 is 0 Å². The predicted octanol–water partition coefficient (Wildman–Crippen LogP) is 3.06. The fourth-order valence-electron chi connectivity index (χ4n) is 2.30. The third kappa shape index (κ3) is 2.02. The number of hydrogen-bond donors (Lipinski definition) is 1. The van der Waals surface area contributed by atoms with E-state index < -0.39 is 5.60 Å². The number of hydrogen-bond acceptors (Lipinski definition) is 1. The molecule has 0 unspecified atom stereocenters. The lowest BCUT2D eigenvalue weighted by molar-refractivity contribution is -0.0136. The standard InChI is InChI=1S/C12H20O/c1-4-7-11-8-5-6-9-12(11,13)10(2)3/h4,11,13H,1-2,5-9H2,3H3/t11-,12-/m1/s1. The molecular formula is C12H20O.